The predicted molar refractivity (Wildman–Crippen MR) is 74.5 cm³/mol. The van der Waals surface area contributed by atoms with Crippen LogP contribution in [0.25, 0.3) is 0 Å². The monoisotopic (exact) mass is 278 g/mol. The zero-order valence-electron chi connectivity index (χ0n) is 11.6. The lowest BCUT2D eigenvalue weighted by molar-refractivity contribution is 0.385. The predicted octanol–water partition coefficient (Wildman–Crippen LogP) is 1.70. The standard InChI is InChI=1S/C14H19FN4O/c1-19-9-10(8-17-19)3-5-13(18-16)11-4-6-14(20-2)12(15)7-11/h4,6-9,13,18H,3,5,16H2,1-2H3. The van der Waals surface area contributed by atoms with E-state index in [2.05, 4.69) is 10.5 Å². The van der Waals surface area contributed by atoms with Crippen LogP contribution < -0.4 is 16.0 Å². The second-order valence-electron chi connectivity index (χ2n) is 4.67. The molecule has 0 saturated carbocycles. The molecule has 0 aliphatic carbocycles. The van der Waals surface area contributed by atoms with E-state index in [1.54, 1.807) is 10.7 Å². The Hall–Kier alpha value is -1.92. The summed E-state index contributed by atoms with van der Waals surface area (Å²) in [7, 11) is 3.32. The van der Waals surface area contributed by atoms with Crippen LogP contribution in [0.2, 0.25) is 0 Å². The van der Waals surface area contributed by atoms with Gasteiger partial charge in [-0.3, -0.25) is 16.0 Å². The fourth-order valence-electron chi connectivity index (χ4n) is 2.16. The summed E-state index contributed by atoms with van der Waals surface area (Å²) in [6.07, 6.45) is 5.36. The number of hydrogen-bond acceptors (Lipinski definition) is 4. The molecular formula is C14H19FN4O. The molecule has 1 aromatic heterocycles. The summed E-state index contributed by atoms with van der Waals surface area (Å²) in [5, 5.41) is 4.12. The van der Waals surface area contributed by atoms with Crippen molar-refractivity contribution < 1.29 is 9.13 Å². The minimum absolute atomic E-state index is 0.115. The topological polar surface area (TPSA) is 65.1 Å². The van der Waals surface area contributed by atoms with Gasteiger partial charge in [0.1, 0.15) is 0 Å². The number of benzene rings is 1. The normalized spacial score (nSPS) is 12.4. The minimum atomic E-state index is -0.383. The molecule has 0 spiro atoms. The van der Waals surface area contributed by atoms with Gasteiger partial charge in [0.15, 0.2) is 11.6 Å². The summed E-state index contributed by atoms with van der Waals surface area (Å²) in [4.78, 5) is 0. The molecule has 5 nitrogen and oxygen atoms in total. The molecule has 108 valence electrons. The number of nitrogens with one attached hydrogen (secondary N) is 1. The Balaban J connectivity index is 2.06. The third kappa shape index (κ3) is 3.34. The second kappa shape index (κ2) is 6.49. The number of methoxy groups -OCH3 is 1. The quantitative estimate of drug-likeness (QED) is 0.623. The molecule has 0 aliphatic heterocycles. The number of nitrogens with two attached hydrogens (primary N) is 1. The highest BCUT2D eigenvalue weighted by Gasteiger charge is 2.13. The Morgan fingerprint density at radius 1 is 1.50 bits per heavy atom. The Labute approximate surface area is 117 Å². The van der Waals surface area contributed by atoms with Gasteiger partial charge in [-0.2, -0.15) is 5.10 Å². The van der Waals surface area contributed by atoms with Crippen molar-refractivity contribution in [1.82, 2.24) is 15.2 Å². The Morgan fingerprint density at radius 2 is 2.30 bits per heavy atom. The second-order valence-corrected chi connectivity index (χ2v) is 4.67. The molecule has 0 radical (unpaired) electrons. The molecule has 0 bridgehead atoms. The van der Waals surface area contributed by atoms with Gasteiger partial charge in [-0.1, -0.05) is 6.07 Å². The lowest BCUT2D eigenvalue weighted by Crippen LogP contribution is -2.28. The largest absolute Gasteiger partial charge is 0.494 e. The molecule has 1 heterocycles. The Kier molecular flexibility index (Phi) is 4.70. The Morgan fingerprint density at radius 3 is 2.85 bits per heavy atom. The summed E-state index contributed by atoms with van der Waals surface area (Å²) in [5.41, 5.74) is 4.65. The van der Waals surface area contributed by atoms with E-state index in [4.69, 9.17) is 10.6 Å². The third-order valence-electron chi connectivity index (χ3n) is 3.26. The van der Waals surface area contributed by atoms with Gasteiger partial charge in [0, 0.05) is 19.3 Å². The zero-order chi connectivity index (χ0) is 14.5. The number of ether oxygens (including phenoxy) is 1. The van der Waals surface area contributed by atoms with E-state index in [1.165, 1.54) is 13.2 Å². The molecule has 6 heteroatoms. The van der Waals surface area contributed by atoms with E-state index in [9.17, 15) is 4.39 Å². The fourth-order valence-corrected chi connectivity index (χ4v) is 2.16. The molecule has 20 heavy (non-hydrogen) atoms. The molecule has 0 saturated heterocycles. The number of hydrogen-bond donors (Lipinski definition) is 2. The number of rotatable bonds is 6. The lowest BCUT2D eigenvalue weighted by atomic mass is 10.0. The number of aryl methyl sites for hydroxylation is 2. The maximum atomic E-state index is 13.7. The van der Waals surface area contributed by atoms with E-state index >= 15 is 0 Å². The van der Waals surface area contributed by atoms with Gasteiger partial charge < -0.3 is 4.74 Å². The average molecular weight is 278 g/mol. The van der Waals surface area contributed by atoms with Crippen molar-refractivity contribution in [1.29, 1.82) is 0 Å². The maximum absolute atomic E-state index is 13.7. The van der Waals surface area contributed by atoms with Gasteiger partial charge in [-0.15, -0.1) is 0 Å². The van der Waals surface area contributed by atoms with Crippen LogP contribution in [0.4, 0.5) is 4.39 Å². The van der Waals surface area contributed by atoms with E-state index < -0.39 is 0 Å². The van der Waals surface area contributed by atoms with Crippen molar-refractivity contribution in [2.75, 3.05) is 7.11 Å². The van der Waals surface area contributed by atoms with Gasteiger partial charge in [0.05, 0.1) is 13.3 Å². The van der Waals surface area contributed by atoms with Crippen molar-refractivity contribution >= 4 is 0 Å². The van der Waals surface area contributed by atoms with Crippen molar-refractivity contribution in [2.24, 2.45) is 12.9 Å². The first-order chi connectivity index (χ1) is 9.63. The molecule has 1 aromatic carbocycles. The molecule has 0 fully saturated rings. The molecule has 0 aliphatic rings. The molecule has 0 amide bonds. The van der Waals surface area contributed by atoms with Gasteiger partial charge in [-0.05, 0) is 36.1 Å². The lowest BCUT2D eigenvalue weighted by Gasteiger charge is -2.16. The minimum Gasteiger partial charge on any atom is -0.494 e. The molecule has 2 rings (SSSR count). The Bertz CT molecular complexity index is 570. The zero-order valence-corrected chi connectivity index (χ0v) is 11.6. The maximum Gasteiger partial charge on any atom is 0.165 e. The average Bonchev–Trinajstić information content (AvgIpc) is 2.85. The third-order valence-corrected chi connectivity index (χ3v) is 3.26. The molecule has 3 N–H and O–H groups in total. The number of aromatic nitrogens is 2. The first-order valence-electron chi connectivity index (χ1n) is 6.41. The SMILES string of the molecule is COc1ccc(C(CCc2cnn(C)c2)NN)cc1F. The summed E-state index contributed by atoms with van der Waals surface area (Å²) in [6.45, 7) is 0. The first-order valence-corrected chi connectivity index (χ1v) is 6.41. The van der Waals surface area contributed by atoms with Crippen molar-refractivity contribution in [3.8, 4) is 5.75 Å². The van der Waals surface area contributed by atoms with Crippen LogP contribution >= 0.6 is 0 Å². The van der Waals surface area contributed by atoms with Crippen LogP contribution in [0.15, 0.2) is 30.6 Å². The van der Waals surface area contributed by atoms with Crippen LogP contribution in [0, 0.1) is 5.82 Å². The highest BCUT2D eigenvalue weighted by molar-refractivity contribution is 5.31. The smallest absolute Gasteiger partial charge is 0.165 e. The van der Waals surface area contributed by atoms with Crippen LogP contribution in [0.5, 0.6) is 5.75 Å². The number of nitrogens with zero attached hydrogens (tertiary/aromatic N) is 2. The summed E-state index contributed by atoms with van der Waals surface area (Å²) in [5.74, 6) is 5.42. The number of halogens is 1. The van der Waals surface area contributed by atoms with Gasteiger partial charge >= 0.3 is 0 Å². The van der Waals surface area contributed by atoms with Crippen molar-refractivity contribution in [3.63, 3.8) is 0 Å². The van der Waals surface area contributed by atoms with Crippen LogP contribution in [-0.4, -0.2) is 16.9 Å². The first kappa shape index (κ1) is 14.5. The van der Waals surface area contributed by atoms with Crippen LogP contribution in [0.1, 0.15) is 23.6 Å². The van der Waals surface area contributed by atoms with E-state index in [0.717, 1.165) is 24.0 Å². The van der Waals surface area contributed by atoms with Crippen LogP contribution in [-0.2, 0) is 13.5 Å². The number of hydrazine groups is 1. The molecule has 1 atom stereocenters. The van der Waals surface area contributed by atoms with Gasteiger partial charge in [0.2, 0.25) is 0 Å². The summed E-state index contributed by atoms with van der Waals surface area (Å²) < 4.78 is 20.4. The highest BCUT2D eigenvalue weighted by Crippen LogP contribution is 2.24. The summed E-state index contributed by atoms with van der Waals surface area (Å²) >= 11 is 0. The van der Waals surface area contributed by atoms with E-state index in [1.807, 2.05) is 25.5 Å². The van der Waals surface area contributed by atoms with Crippen molar-refractivity contribution in [3.05, 3.63) is 47.5 Å². The van der Waals surface area contributed by atoms with Crippen LogP contribution in [0.3, 0.4) is 0 Å². The van der Waals surface area contributed by atoms with Gasteiger partial charge in [-0.25, -0.2) is 4.39 Å². The van der Waals surface area contributed by atoms with E-state index in [0.29, 0.717) is 0 Å². The highest BCUT2D eigenvalue weighted by atomic mass is 19.1. The summed E-state index contributed by atoms with van der Waals surface area (Å²) in [6, 6.07) is 4.76. The fraction of sp³-hybridized carbons (Fsp3) is 0.357. The van der Waals surface area contributed by atoms with Gasteiger partial charge in [0.25, 0.3) is 0 Å². The molecule has 1 unspecified atom stereocenters. The molecular weight excluding hydrogens is 259 g/mol. The molecule has 2 aromatic rings. The van der Waals surface area contributed by atoms with E-state index in [-0.39, 0.29) is 17.6 Å². The van der Waals surface area contributed by atoms with Crippen molar-refractivity contribution in [2.45, 2.75) is 18.9 Å².